The zero-order valence-corrected chi connectivity index (χ0v) is 15.3. The van der Waals surface area contributed by atoms with Crippen LogP contribution < -0.4 is 10.5 Å². The molecule has 0 amide bonds. The molecule has 0 saturated heterocycles. The summed E-state index contributed by atoms with van der Waals surface area (Å²) in [6.07, 6.45) is 3.96. The highest BCUT2D eigenvalue weighted by molar-refractivity contribution is 6.31. The van der Waals surface area contributed by atoms with Gasteiger partial charge in [0, 0.05) is 5.92 Å². The van der Waals surface area contributed by atoms with E-state index in [2.05, 4.69) is 0 Å². The maximum absolute atomic E-state index is 12.7. The van der Waals surface area contributed by atoms with Gasteiger partial charge in [0.2, 0.25) is 0 Å². The van der Waals surface area contributed by atoms with Crippen molar-refractivity contribution in [2.45, 2.75) is 49.4 Å². The number of methoxy groups -OCH3 is 1. The van der Waals surface area contributed by atoms with Crippen LogP contribution in [0.5, 0.6) is 5.75 Å². The van der Waals surface area contributed by atoms with Crippen LogP contribution in [0.2, 0.25) is 0 Å². The van der Waals surface area contributed by atoms with Crippen LogP contribution in [0.4, 0.5) is 0 Å². The van der Waals surface area contributed by atoms with E-state index in [1.807, 2.05) is 30.3 Å². The highest BCUT2D eigenvalue weighted by Gasteiger charge is 2.38. The molecule has 2 N–H and O–H groups in total. The van der Waals surface area contributed by atoms with Gasteiger partial charge in [-0.2, -0.15) is 0 Å². The minimum absolute atomic E-state index is 0.0355. The van der Waals surface area contributed by atoms with Gasteiger partial charge in [-0.15, -0.1) is 11.6 Å². The van der Waals surface area contributed by atoms with E-state index in [0.717, 1.165) is 19.3 Å². The van der Waals surface area contributed by atoms with Crippen molar-refractivity contribution in [1.29, 1.82) is 0 Å². The molecular weight excluding hydrogens is 342 g/mol. The Morgan fingerprint density at radius 1 is 1.24 bits per heavy atom. The van der Waals surface area contributed by atoms with E-state index in [1.165, 1.54) is 7.11 Å². The number of halogens is 1. The normalized spacial score (nSPS) is 25.3. The number of Topliss-reactive ketones (excluding diaryl/α,β-unsaturated/α-hetero) is 1. The summed E-state index contributed by atoms with van der Waals surface area (Å²) in [4.78, 5) is 24.6. The third-order valence-corrected chi connectivity index (χ3v) is 5.15. The van der Waals surface area contributed by atoms with E-state index in [-0.39, 0.29) is 18.3 Å². The smallest absolute Gasteiger partial charge is 0.325 e. The number of alkyl halides is 1. The molecule has 0 bridgehead atoms. The molecular formula is C19H26ClNO4. The van der Waals surface area contributed by atoms with Crippen LogP contribution >= 0.6 is 11.6 Å². The number of carbonyl (C=O) groups is 2. The molecule has 1 fully saturated rings. The molecule has 0 aliphatic heterocycles. The Hall–Kier alpha value is -1.59. The zero-order chi connectivity index (χ0) is 18.3. The summed E-state index contributed by atoms with van der Waals surface area (Å²) in [5.41, 5.74) is 5.21. The standard InChI is InChI=1S/C19H26ClNO4/c1-24-18(23)19(21)11-6-5-7-14(10-12-19)17(22)16(20)13-25-15-8-3-2-4-9-15/h2-4,8-9,14,16H,5-7,10-13,21H2,1H3. The quantitative estimate of drug-likeness (QED) is 0.617. The van der Waals surface area contributed by atoms with Crippen LogP contribution in [-0.2, 0) is 14.3 Å². The van der Waals surface area contributed by atoms with Gasteiger partial charge in [-0.25, -0.2) is 0 Å². The number of benzene rings is 1. The maximum Gasteiger partial charge on any atom is 0.325 e. The van der Waals surface area contributed by atoms with Crippen molar-refractivity contribution < 1.29 is 19.1 Å². The minimum Gasteiger partial charge on any atom is -0.492 e. The number of ether oxygens (including phenoxy) is 2. The van der Waals surface area contributed by atoms with Crippen molar-refractivity contribution in [2.24, 2.45) is 11.7 Å². The molecule has 1 aliphatic rings. The van der Waals surface area contributed by atoms with E-state index in [1.54, 1.807) is 0 Å². The average Bonchev–Trinajstić information content (AvgIpc) is 2.63. The molecule has 25 heavy (non-hydrogen) atoms. The van der Waals surface area contributed by atoms with Gasteiger partial charge >= 0.3 is 5.97 Å². The van der Waals surface area contributed by atoms with E-state index in [9.17, 15) is 9.59 Å². The number of nitrogens with two attached hydrogens (primary N) is 1. The molecule has 3 unspecified atom stereocenters. The molecule has 1 aromatic rings. The average molecular weight is 368 g/mol. The van der Waals surface area contributed by atoms with Gasteiger partial charge in [0.15, 0.2) is 5.78 Å². The number of hydrogen-bond acceptors (Lipinski definition) is 5. The molecule has 1 aromatic carbocycles. The number of esters is 1. The first-order valence-electron chi connectivity index (χ1n) is 8.69. The van der Waals surface area contributed by atoms with E-state index in [0.29, 0.717) is 25.0 Å². The molecule has 0 heterocycles. The second-order valence-corrected chi connectivity index (χ2v) is 7.15. The Labute approximate surface area is 153 Å². The predicted molar refractivity (Wildman–Crippen MR) is 96.7 cm³/mol. The van der Waals surface area contributed by atoms with E-state index >= 15 is 0 Å². The first kappa shape index (κ1) is 19.7. The monoisotopic (exact) mass is 367 g/mol. The number of hydrogen-bond donors (Lipinski definition) is 1. The van der Waals surface area contributed by atoms with Crippen molar-refractivity contribution in [3.05, 3.63) is 30.3 Å². The Morgan fingerprint density at radius 2 is 1.96 bits per heavy atom. The molecule has 138 valence electrons. The van der Waals surface area contributed by atoms with Crippen LogP contribution in [0.15, 0.2) is 30.3 Å². The summed E-state index contributed by atoms with van der Waals surface area (Å²) in [7, 11) is 1.34. The first-order valence-corrected chi connectivity index (χ1v) is 9.13. The summed E-state index contributed by atoms with van der Waals surface area (Å²) < 4.78 is 10.4. The largest absolute Gasteiger partial charge is 0.492 e. The zero-order valence-electron chi connectivity index (χ0n) is 14.6. The SMILES string of the molecule is COC(=O)C1(N)CCCCC(C(=O)C(Cl)COc2ccccc2)CC1. The second kappa shape index (κ2) is 9.20. The molecule has 6 heteroatoms. The van der Waals surface area contributed by atoms with Gasteiger partial charge in [0.1, 0.15) is 23.3 Å². The fraction of sp³-hybridized carbons (Fsp3) is 0.579. The van der Waals surface area contributed by atoms with Crippen molar-refractivity contribution in [3.63, 3.8) is 0 Å². The third kappa shape index (κ3) is 5.44. The molecule has 0 radical (unpaired) electrons. The van der Waals surface area contributed by atoms with Gasteiger partial charge in [-0.1, -0.05) is 31.0 Å². The van der Waals surface area contributed by atoms with Crippen molar-refractivity contribution in [1.82, 2.24) is 0 Å². The molecule has 2 rings (SSSR count). The van der Waals surface area contributed by atoms with Crippen LogP contribution in [0.1, 0.15) is 38.5 Å². The summed E-state index contributed by atoms with van der Waals surface area (Å²) in [5, 5.41) is -0.713. The van der Waals surface area contributed by atoms with Crippen LogP contribution in [-0.4, -0.2) is 36.4 Å². The van der Waals surface area contributed by atoms with Crippen LogP contribution in [0.3, 0.4) is 0 Å². The van der Waals surface area contributed by atoms with E-state index < -0.39 is 16.9 Å². The third-order valence-electron chi connectivity index (χ3n) is 4.81. The maximum atomic E-state index is 12.7. The van der Waals surface area contributed by atoms with Gasteiger partial charge in [-0.05, 0) is 37.8 Å². The lowest BCUT2D eigenvalue weighted by molar-refractivity contribution is -0.148. The molecule has 1 aliphatic carbocycles. The molecule has 5 nitrogen and oxygen atoms in total. The number of para-hydroxylation sites is 1. The van der Waals surface area contributed by atoms with E-state index in [4.69, 9.17) is 26.8 Å². The van der Waals surface area contributed by atoms with Gasteiger partial charge in [0.05, 0.1) is 7.11 Å². The summed E-state index contributed by atoms with van der Waals surface area (Å²) in [6.45, 7) is 0.131. The molecule has 1 saturated carbocycles. The molecule has 0 aromatic heterocycles. The number of ketones is 1. The van der Waals surface area contributed by atoms with Gasteiger partial charge in [0.25, 0.3) is 0 Å². The summed E-state index contributed by atoms with van der Waals surface area (Å²) >= 11 is 6.27. The second-order valence-electron chi connectivity index (χ2n) is 6.62. The Bertz CT molecular complexity index is 580. The van der Waals surface area contributed by atoms with Crippen LogP contribution in [0, 0.1) is 5.92 Å². The summed E-state index contributed by atoms with van der Waals surface area (Å²) in [5.74, 6) is 0.0437. The Kier molecular flexibility index (Phi) is 7.26. The lowest BCUT2D eigenvalue weighted by Crippen LogP contribution is -2.50. The van der Waals surface area contributed by atoms with Gasteiger partial charge < -0.3 is 15.2 Å². The van der Waals surface area contributed by atoms with Crippen molar-refractivity contribution >= 4 is 23.4 Å². The topological polar surface area (TPSA) is 78.6 Å². The Morgan fingerprint density at radius 3 is 2.64 bits per heavy atom. The number of rotatable bonds is 6. The predicted octanol–water partition coefficient (Wildman–Crippen LogP) is 3.08. The number of carbonyl (C=O) groups excluding carboxylic acids is 2. The van der Waals surface area contributed by atoms with Crippen LogP contribution in [0.25, 0.3) is 0 Å². The first-order chi connectivity index (χ1) is 12.0. The van der Waals surface area contributed by atoms with Crippen molar-refractivity contribution in [3.8, 4) is 5.75 Å². The fourth-order valence-corrected chi connectivity index (χ4v) is 3.49. The van der Waals surface area contributed by atoms with Gasteiger partial charge in [-0.3, -0.25) is 9.59 Å². The minimum atomic E-state index is -1.00. The lowest BCUT2D eigenvalue weighted by Gasteiger charge is -2.31. The fourth-order valence-electron chi connectivity index (χ4n) is 3.25. The molecule has 3 atom stereocenters. The highest BCUT2D eigenvalue weighted by Crippen LogP contribution is 2.30. The Balaban J connectivity index is 1.92. The molecule has 0 spiro atoms. The summed E-state index contributed by atoms with van der Waals surface area (Å²) in [6, 6.07) is 9.27. The lowest BCUT2D eigenvalue weighted by atomic mass is 9.79. The highest BCUT2D eigenvalue weighted by atomic mass is 35.5. The van der Waals surface area contributed by atoms with Crippen molar-refractivity contribution in [2.75, 3.05) is 13.7 Å².